The number of nitroso groups, excluding NO2 is 1. The van der Waals surface area contributed by atoms with Crippen LogP contribution in [0.5, 0.6) is 0 Å². The minimum absolute atomic E-state index is 0.333. The number of hydrogen-bond acceptors (Lipinski definition) is 4. The van der Waals surface area contributed by atoms with E-state index < -0.39 is 5.84 Å². The lowest BCUT2D eigenvalue weighted by molar-refractivity contribution is -0.442. The molecule has 0 amide bonds. The van der Waals surface area contributed by atoms with Gasteiger partial charge in [-0.2, -0.15) is 5.26 Å². The molecule has 0 aliphatic carbocycles. The molecule has 0 fully saturated rings. The number of amidine groups is 1. The average molecular weight is 115 g/mol. The van der Waals surface area contributed by atoms with Crippen LogP contribution >= 0.6 is 0 Å². The van der Waals surface area contributed by atoms with Crippen LogP contribution in [0.25, 0.3) is 0 Å². The third kappa shape index (κ3) is 1.22. The van der Waals surface area contributed by atoms with E-state index in [9.17, 15) is 4.91 Å². The van der Waals surface area contributed by atoms with E-state index in [1.54, 1.807) is 0 Å². The highest BCUT2D eigenvalue weighted by Gasteiger charge is 2.13. The third-order valence-electron chi connectivity index (χ3n) is 0.403. The molecule has 0 aromatic carbocycles. The van der Waals surface area contributed by atoms with Gasteiger partial charge in [-0.05, 0) is 4.91 Å². The van der Waals surface area contributed by atoms with Crippen LogP contribution in [0.4, 0.5) is 0 Å². The number of rotatable bonds is 0. The second kappa shape index (κ2) is 2.52. The molecule has 0 aromatic heterocycles. The van der Waals surface area contributed by atoms with E-state index >= 15 is 0 Å². The second-order valence-electron chi connectivity index (χ2n) is 0.861. The van der Waals surface area contributed by atoms with Gasteiger partial charge in [0.05, 0.1) is 0 Å². The first-order valence-electron chi connectivity index (χ1n) is 1.56. The first-order valence-corrected chi connectivity index (χ1v) is 1.56. The molecule has 0 spiro atoms. The Morgan fingerprint density at radius 2 is 2.50 bits per heavy atom. The zero-order valence-corrected chi connectivity index (χ0v) is 3.77. The minimum atomic E-state index is -0.773. The van der Waals surface area contributed by atoms with Crippen molar-refractivity contribution in [3.05, 3.63) is 4.91 Å². The summed E-state index contributed by atoms with van der Waals surface area (Å²) in [5.74, 6) is 3.65. The number of hydrogen-bond donors (Lipinski definition) is 2. The molecular weight excluding hydrogens is 112 g/mol. The third-order valence-corrected chi connectivity index (χ3v) is 0.403. The zero-order chi connectivity index (χ0) is 6.57. The summed E-state index contributed by atoms with van der Waals surface area (Å²) in [5.41, 5.74) is 0. The molecule has 3 N–H and O–H groups in total. The summed E-state index contributed by atoms with van der Waals surface area (Å²) < 4.78 is 0. The van der Waals surface area contributed by atoms with Crippen molar-refractivity contribution in [3.63, 3.8) is 0 Å². The van der Waals surface area contributed by atoms with Crippen LogP contribution in [-0.4, -0.2) is 15.9 Å². The van der Waals surface area contributed by atoms with Crippen molar-refractivity contribution in [2.24, 2.45) is 11.0 Å². The Hall–Kier alpha value is -1.64. The molecule has 6 heteroatoms. The van der Waals surface area contributed by atoms with Crippen molar-refractivity contribution in [1.82, 2.24) is 0 Å². The summed E-state index contributed by atoms with van der Waals surface area (Å²) in [7, 11) is 0. The Morgan fingerprint density at radius 3 is 2.50 bits per heavy atom. The molecule has 0 rings (SSSR count). The van der Waals surface area contributed by atoms with E-state index in [4.69, 9.17) is 10.5 Å². The van der Waals surface area contributed by atoms with E-state index in [0.29, 0.717) is 0 Å². The predicted octanol–water partition coefficient (Wildman–Crippen LogP) is -1.05. The Bertz CT molecular complexity index is 165. The molecular formula is C2H3N4O2+. The molecule has 0 saturated carbocycles. The molecule has 0 saturated heterocycles. The van der Waals surface area contributed by atoms with Crippen molar-refractivity contribution in [1.29, 1.82) is 5.26 Å². The molecule has 8 heavy (non-hydrogen) atoms. The normalized spacial score (nSPS) is 10.1. The fraction of sp³-hybridized carbons (Fsp3) is 0. The largest absolute Gasteiger partial charge is 0.509 e. The average Bonchev–Trinajstić information content (AvgIpc) is 1.69. The van der Waals surface area contributed by atoms with Gasteiger partial charge in [-0.3, -0.25) is 0 Å². The fourth-order valence-electron chi connectivity index (χ4n) is 0.116. The minimum Gasteiger partial charge on any atom is -0.312 e. The van der Waals surface area contributed by atoms with Crippen molar-refractivity contribution < 1.29 is 10.1 Å². The van der Waals surface area contributed by atoms with Gasteiger partial charge < -0.3 is 5.21 Å². The number of nitrogens with two attached hydrogens (primary N) is 1. The lowest BCUT2D eigenvalue weighted by Gasteiger charge is -1.71. The Morgan fingerprint density at radius 1 is 2.00 bits per heavy atom. The monoisotopic (exact) mass is 115 g/mol. The van der Waals surface area contributed by atoms with Gasteiger partial charge in [0.15, 0.2) is 5.16 Å². The molecule has 0 atom stereocenters. The van der Waals surface area contributed by atoms with Crippen LogP contribution in [0.3, 0.4) is 0 Å². The van der Waals surface area contributed by atoms with Gasteiger partial charge in [-0.1, -0.05) is 0 Å². The van der Waals surface area contributed by atoms with Gasteiger partial charge >= 0.3 is 5.84 Å². The number of oxime groups is 1. The van der Waals surface area contributed by atoms with Gasteiger partial charge in [0.2, 0.25) is 6.07 Å². The first-order chi connectivity index (χ1) is 3.72. The highest BCUT2D eigenvalue weighted by atomic mass is 16.4. The van der Waals surface area contributed by atoms with Crippen LogP contribution in [0.15, 0.2) is 5.16 Å². The smallest absolute Gasteiger partial charge is 0.312 e. The van der Waals surface area contributed by atoms with E-state index in [1.807, 2.05) is 0 Å². The molecule has 0 bridgehead atoms. The number of hydrazine groups is 1. The molecule has 0 unspecified atom stereocenters. The maximum atomic E-state index is 9.79. The van der Waals surface area contributed by atoms with Crippen molar-refractivity contribution in [3.8, 4) is 6.07 Å². The van der Waals surface area contributed by atoms with Gasteiger partial charge in [-0.25, -0.2) is 5.84 Å². The topological polar surface area (TPSA) is 102 Å². The molecule has 0 heterocycles. The fourth-order valence-corrected chi connectivity index (χ4v) is 0.116. The molecule has 42 valence electrons. The quantitative estimate of drug-likeness (QED) is 0.105. The van der Waals surface area contributed by atoms with Crippen molar-refractivity contribution in [2.45, 2.75) is 0 Å². The van der Waals surface area contributed by atoms with E-state index in [1.165, 1.54) is 6.07 Å². The molecule has 0 aliphatic rings. The van der Waals surface area contributed by atoms with Gasteiger partial charge in [0, 0.05) is 0 Å². The second-order valence-corrected chi connectivity index (χ2v) is 0.861. The van der Waals surface area contributed by atoms with E-state index in [0.717, 1.165) is 0 Å². The van der Waals surface area contributed by atoms with Crippen LogP contribution in [0.2, 0.25) is 0 Å². The van der Waals surface area contributed by atoms with Crippen molar-refractivity contribution >= 4 is 5.84 Å². The van der Waals surface area contributed by atoms with E-state index in [-0.39, 0.29) is 4.87 Å². The number of nitriles is 1. The predicted molar refractivity (Wildman–Crippen MR) is 22.6 cm³/mol. The Balaban J connectivity index is 4.20. The van der Waals surface area contributed by atoms with Crippen LogP contribution in [-0.2, 0) is 0 Å². The van der Waals surface area contributed by atoms with Gasteiger partial charge in [0.25, 0.3) is 0 Å². The highest BCUT2D eigenvalue weighted by Crippen LogP contribution is 1.67. The van der Waals surface area contributed by atoms with Crippen LogP contribution < -0.4 is 5.84 Å². The zero-order valence-electron chi connectivity index (χ0n) is 3.77. The van der Waals surface area contributed by atoms with Gasteiger partial charge in [-0.15, -0.1) is 0 Å². The summed E-state index contributed by atoms with van der Waals surface area (Å²) in [6.45, 7) is 0. The summed E-state index contributed by atoms with van der Waals surface area (Å²) in [4.78, 5) is 9.45. The molecule has 0 radical (unpaired) electrons. The SMILES string of the molecule is N#CC(=NO)[N+](N)=O. The Labute approximate surface area is 44.4 Å². The van der Waals surface area contributed by atoms with E-state index in [2.05, 4.69) is 11.0 Å². The van der Waals surface area contributed by atoms with Crippen LogP contribution in [0.1, 0.15) is 0 Å². The summed E-state index contributed by atoms with van der Waals surface area (Å²) in [5, 5.41) is 17.8. The van der Waals surface area contributed by atoms with Crippen molar-refractivity contribution in [2.75, 3.05) is 0 Å². The van der Waals surface area contributed by atoms with Crippen LogP contribution in [0, 0.1) is 16.2 Å². The summed E-state index contributed by atoms with van der Waals surface area (Å²) in [6.07, 6.45) is 0. The number of nitrogens with zero attached hydrogens (tertiary/aromatic N) is 3. The maximum Gasteiger partial charge on any atom is 0.509 e. The first kappa shape index (κ1) is 6.36. The molecule has 0 aromatic rings. The molecule has 6 nitrogen and oxygen atoms in total. The molecule has 0 aliphatic heterocycles. The highest BCUT2D eigenvalue weighted by molar-refractivity contribution is 5.88. The Kier molecular flexibility index (Phi) is 2.00. The summed E-state index contributed by atoms with van der Waals surface area (Å²) in [6, 6.07) is 1.24. The van der Waals surface area contributed by atoms with Gasteiger partial charge in [0.1, 0.15) is 4.87 Å². The lowest BCUT2D eigenvalue weighted by Crippen LogP contribution is -2.22. The standard InChI is InChI=1S/C2H2N4O2/c3-1-2(5-7)6(4)8/h(H2-,4,7,8)/p+1. The maximum absolute atomic E-state index is 9.79. The summed E-state index contributed by atoms with van der Waals surface area (Å²) >= 11 is 0. The lowest BCUT2D eigenvalue weighted by atomic mass is 10.7.